The first kappa shape index (κ1) is 17.7. The Hall–Kier alpha value is -2.69. The van der Waals surface area contributed by atoms with E-state index in [1.807, 2.05) is 50.2 Å². The Kier molecular flexibility index (Phi) is 6.07. The van der Waals surface area contributed by atoms with E-state index >= 15 is 0 Å². The molecule has 0 atom stereocenters. The first-order valence-corrected chi connectivity index (χ1v) is 7.87. The predicted octanol–water partition coefficient (Wildman–Crippen LogP) is 3.68. The fourth-order valence-electron chi connectivity index (χ4n) is 2.50. The van der Waals surface area contributed by atoms with Crippen molar-refractivity contribution in [2.24, 2.45) is 0 Å². The zero-order valence-electron chi connectivity index (χ0n) is 14.6. The molecule has 2 rings (SSSR count). The van der Waals surface area contributed by atoms with E-state index in [-0.39, 0.29) is 6.03 Å². The monoisotopic (exact) mass is 328 g/mol. The number of anilines is 1. The van der Waals surface area contributed by atoms with Crippen molar-refractivity contribution in [2.75, 3.05) is 26.1 Å². The van der Waals surface area contributed by atoms with Crippen LogP contribution < -0.4 is 20.1 Å². The molecule has 0 bridgehead atoms. The van der Waals surface area contributed by atoms with Crippen molar-refractivity contribution in [1.29, 1.82) is 0 Å². The summed E-state index contributed by atoms with van der Waals surface area (Å²) in [6.07, 6.45) is 0.653. The van der Waals surface area contributed by atoms with Crippen molar-refractivity contribution >= 4 is 11.7 Å². The van der Waals surface area contributed by atoms with Crippen LogP contribution in [0.4, 0.5) is 10.5 Å². The van der Waals surface area contributed by atoms with E-state index in [0.717, 1.165) is 22.4 Å². The summed E-state index contributed by atoms with van der Waals surface area (Å²) in [7, 11) is 3.22. The summed E-state index contributed by atoms with van der Waals surface area (Å²) in [4.78, 5) is 12.1. The molecule has 0 aliphatic carbocycles. The van der Waals surface area contributed by atoms with Crippen LogP contribution in [0.2, 0.25) is 0 Å². The van der Waals surface area contributed by atoms with Crippen molar-refractivity contribution in [1.82, 2.24) is 5.32 Å². The number of hydrogen-bond donors (Lipinski definition) is 2. The van der Waals surface area contributed by atoms with Gasteiger partial charge in [0.25, 0.3) is 0 Å². The van der Waals surface area contributed by atoms with E-state index < -0.39 is 0 Å². The summed E-state index contributed by atoms with van der Waals surface area (Å²) >= 11 is 0. The number of carbonyl (C=O) groups excluding carboxylic acids is 1. The first-order valence-electron chi connectivity index (χ1n) is 7.87. The third kappa shape index (κ3) is 4.41. The fraction of sp³-hybridized carbons (Fsp3) is 0.316. The van der Waals surface area contributed by atoms with Crippen LogP contribution in [0.15, 0.2) is 36.4 Å². The minimum Gasteiger partial charge on any atom is -0.493 e. The maximum Gasteiger partial charge on any atom is 0.319 e. The molecule has 2 aromatic rings. The molecule has 0 heterocycles. The molecule has 5 nitrogen and oxygen atoms in total. The van der Waals surface area contributed by atoms with E-state index in [9.17, 15) is 4.79 Å². The number of rotatable bonds is 6. The van der Waals surface area contributed by atoms with Gasteiger partial charge in [-0.3, -0.25) is 0 Å². The molecular weight excluding hydrogens is 304 g/mol. The van der Waals surface area contributed by atoms with E-state index in [1.165, 1.54) is 0 Å². The normalized spacial score (nSPS) is 10.2. The third-order valence-corrected chi connectivity index (χ3v) is 3.81. The molecule has 24 heavy (non-hydrogen) atoms. The Bertz CT molecular complexity index is 714. The molecule has 2 aromatic carbocycles. The molecule has 5 heteroatoms. The maximum absolute atomic E-state index is 12.1. The molecule has 2 amide bonds. The molecule has 0 radical (unpaired) electrons. The lowest BCUT2D eigenvalue weighted by Gasteiger charge is -2.13. The molecule has 0 aromatic heterocycles. The number of hydrogen-bond acceptors (Lipinski definition) is 3. The number of carbonyl (C=O) groups is 1. The lowest BCUT2D eigenvalue weighted by Crippen LogP contribution is -2.30. The van der Waals surface area contributed by atoms with Gasteiger partial charge in [0.05, 0.1) is 14.2 Å². The second kappa shape index (κ2) is 8.24. The van der Waals surface area contributed by atoms with E-state index in [2.05, 4.69) is 10.6 Å². The molecule has 0 saturated carbocycles. The van der Waals surface area contributed by atoms with Crippen molar-refractivity contribution in [2.45, 2.75) is 20.3 Å². The van der Waals surface area contributed by atoms with Gasteiger partial charge in [0.15, 0.2) is 11.5 Å². The predicted molar refractivity (Wildman–Crippen MR) is 96.2 cm³/mol. The fourth-order valence-corrected chi connectivity index (χ4v) is 2.50. The number of amides is 2. The molecule has 0 unspecified atom stereocenters. The van der Waals surface area contributed by atoms with Crippen molar-refractivity contribution in [3.05, 3.63) is 53.1 Å². The van der Waals surface area contributed by atoms with Gasteiger partial charge in [0, 0.05) is 12.2 Å². The van der Waals surface area contributed by atoms with Gasteiger partial charge in [-0.05, 0) is 49.1 Å². The van der Waals surface area contributed by atoms with Gasteiger partial charge < -0.3 is 20.1 Å². The number of para-hydroxylation sites is 1. The summed E-state index contributed by atoms with van der Waals surface area (Å²) in [5.41, 5.74) is 3.96. The third-order valence-electron chi connectivity index (χ3n) is 3.81. The highest BCUT2D eigenvalue weighted by Crippen LogP contribution is 2.30. The Morgan fingerprint density at radius 3 is 2.58 bits per heavy atom. The van der Waals surface area contributed by atoms with Crippen LogP contribution in [0.3, 0.4) is 0 Å². The van der Waals surface area contributed by atoms with Gasteiger partial charge in [-0.25, -0.2) is 4.79 Å². The average Bonchev–Trinajstić information content (AvgIpc) is 2.57. The molecule has 128 valence electrons. The second-order valence-electron chi connectivity index (χ2n) is 5.60. The van der Waals surface area contributed by atoms with Crippen molar-refractivity contribution in [3.8, 4) is 11.5 Å². The highest BCUT2D eigenvalue weighted by molar-refractivity contribution is 5.90. The summed E-state index contributed by atoms with van der Waals surface area (Å²) in [5.74, 6) is 1.39. The van der Waals surface area contributed by atoms with Gasteiger partial charge in [0.2, 0.25) is 0 Å². The molecule has 2 N–H and O–H groups in total. The van der Waals surface area contributed by atoms with E-state index in [4.69, 9.17) is 9.47 Å². The lowest BCUT2D eigenvalue weighted by atomic mass is 10.1. The SMILES string of the molecule is COc1cccc(CCNC(=O)Nc2cc(C)ccc2C)c1OC. The van der Waals surface area contributed by atoms with Crippen LogP contribution in [-0.2, 0) is 6.42 Å². The Labute approximate surface area is 143 Å². The lowest BCUT2D eigenvalue weighted by molar-refractivity contribution is 0.252. The minimum atomic E-state index is -0.217. The van der Waals surface area contributed by atoms with Gasteiger partial charge in [-0.15, -0.1) is 0 Å². The Morgan fingerprint density at radius 2 is 1.88 bits per heavy atom. The maximum atomic E-state index is 12.1. The van der Waals surface area contributed by atoms with Gasteiger partial charge >= 0.3 is 6.03 Å². The van der Waals surface area contributed by atoms with Crippen LogP contribution in [0.25, 0.3) is 0 Å². The van der Waals surface area contributed by atoms with Crippen LogP contribution in [-0.4, -0.2) is 26.8 Å². The molecule has 0 aliphatic rings. The zero-order valence-corrected chi connectivity index (χ0v) is 14.6. The standard InChI is InChI=1S/C19H24N2O3/c1-13-8-9-14(2)16(12-13)21-19(22)20-11-10-15-6-5-7-17(23-3)18(15)24-4/h5-9,12H,10-11H2,1-4H3,(H2,20,21,22). The second-order valence-corrected chi connectivity index (χ2v) is 5.60. The molecule has 0 aliphatic heterocycles. The van der Waals surface area contributed by atoms with Gasteiger partial charge in [-0.1, -0.05) is 24.3 Å². The smallest absolute Gasteiger partial charge is 0.319 e. The number of ether oxygens (including phenoxy) is 2. The Morgan fingerprint density at radius 1 is 1.08 bits per heavy atom. The molecule has 0 spiro atoms. The van der Waals surface area contributed by atoms with E-state index in [1.54, 1.807) is 14.2 Å². The number of benzene rings is 2. The van der Waals surface area contributed by atoms with Gasteiger partial charge in [0.1, 0.15) is 0 Å². The van der Waals surface area contributed by atoms with E-state index in [0.29, 0.717) is 24.5 Å². The number of methoxy groups -OCH3 is 2. The van der Waals surface area contributed by atoms with Crippen LogP contribution >= 0.6 is 0 Å². The summed E-state index contributed by atoms with van der Waals surface area (Å²) in [6, 6.07) is 11.5. The van der Waals surface area contributed by atoms with Crippen LogP contribution in [0, 0.1) is 13.8 Å². The highest BCUT2D eigenvalue weighted by atomic mass is 16.5. The Balaban J connectivity index is 1.92. The summed E-state index contributed by atoms with van der Waals surface area (Å²) in [5, 5.41) is 5.75. The van der Waals surface area contributed by atoms with Crippen LogP contribution in [0.1, 0.15) is 16.7 Å². The summed E-state index contributed by atoms with van der Waals surface area (Å²) in [6.45, 7) is 4.47. The van der Waals surface area contributed by atoms with Crippen molar-refractivity contribution < 1.29 is 14.3 Å². The largest absolute Gasteiger partial charge is 0.493 e. The average molecular weight is 328 g/mol. The minimum absolute atomic E-state index is 0.217. The number of aryl methyl sites for hydroxylation is 2. The quantitative estimate of drug-likeness (QED) is 0.850. The molecule has 0 saturated heterocycles. The zero-order chi connectivity index (χ0) is 17.5. The van der Waals surface area contributed by atoms with Crippen LogP contribution in [0.5, 0.6) is 11.5 Å². The molecular formula is C19H24N2O3. The highest BCUT2D eigenvalue weighted by Gasteiger charge is 2.10. The number of urea groups is 1. The number of nitrogens with one attached hydrogen (secondary N) is 2. The topological polar surface area (TPSA) is 59.6 Å². The summed E-state index contributed by atoms with van der Waals surface area (Å²) < 4.78 is 10.7. The molecule has 0 fully saturated rings. The first-order chi connectivity index (χ1) is 11.5. The van der Waals surface area contributed by atoms with Crippen molar-refractivity contribution in [3.63, 3.8) is 0 Å². The van der Waals surface area contributed by atoms with Gasteiger partial charge in [-0.2, -0.15) is 0 Å².